The first-order chi connectivity index (χ1) is 33.2. The first-order valence-electron chi connectivity index (χ1n) is 23.8. The van der Waals surface area contributed by atoms with Gasteiger partial charge in [0.05, 0.1) is 5.69 Å². The zero-order chi connectivity index (χ0) is 45.7. The van der Waals surface area contributed by atoms with Crippen LogP contribution in [0, 0.1) is 0 Å². The lowest BCUT2D eigenvalue weighted by atomic mass is 9.79. The largest absolute Gasteiger partial charge is 0.455 e. The van der Waals surface area contributed by atoms with Crippen molar-refractivity contribution in [1.29, 1.82) is 0 Å². The van der Waals surface area contributed by atoms with E-state index in [-0.39, 0.29) is 10.8 Å². The lowest BCUT2D eigenvalue weighted by Gasteiger charge is -2.29. The molecule has 0 N–H and O–H groups in total. The van der Waals surface area contributed by atoms with Crippen molar-refractivity contribution in [2.24, 2.45) is 0 Å². The summed E-state index contributed by atoms with van der Waals surface area (Å²) in [7, 11) is 0. The monoisotopic (exact) mass is 871 g/mol. The fourth-order valence-electron chi connectivity index (χ4n) is 11.6. The maximum atomic E-state index is 6.49. The molecule has 10 aromatic carbocycles. The summed E-state index contributed by atoms with van der Waals surface area (Å²) in [6.07, 6.45) is 0. The number of benzene rings is 10. The van der Waals surface area contributed by atoms with Gasteiger partial charge in [0.15, 0.2) is 0 Å². The number of furan rings is 1. The summed E-state index contributed by atoms with van der Waals surface area (Å²) in [5, 5.41) is 2.27. The first kappa shape index (κ1) is 40.1. The molecule has 0 fully saturated rings. The minimum Gasteiger partial charge on any atom is -0.455 e. The molecule has 0 spiro atoms. The molecule has 1 heterocycles. The van der Waals surface area contributed by atoms with Crippen LogP contribution in [0.5, 0.6) is 0 Å². The summed E-state index contributed by atoms with van der Waals surface area (Å²) in [6.45, 7) is 9.63. The number of fused-ring (bicyclic) bond motifs is 9. The molecule has 68 heavy (non-hydrogen) atoms. The molecule has 324 valence electrons. The topological polar surface area (TPSA) is 16.4 Å². The fourth-order valence-corrected chi connectivity index (χ4v) is 11.6. The van der Waals surface area contributed by atoms with Gasteiger partial charge in [-0.1, -0.05) is 198 Å². The van der Waals surface area contributed by atoms with Gasteiger partial charge in [-0.2, -0.15) is 0 Å². The third kappa shape index (κ3) is 6.10. The lowest BCUT2D eigenvalue weighted by Crippen LogP contribution is -2.17. The molecule has 11 aromatic rings. The summed E-state index contributed by atoms with van der Waals surface area (Å²) < 4.78 is 6.49. The second-order valence-corrected chi connectivity index (χ2v) is 19.6. The Kier molecular flexibility index (Phi) is 8.95. The standard InChI is InChI=1S/C66H49NO/c1-65(2)57-26-16-23-50(44-19-9-6-10-20-44)63(57)56-41-59-55(40-60(56)65)52-38-33-46(39-58(52)66(59,3)4)49-21-11-13-27-61(49)67(47-34-29-43(30-35-47)42-17-7-5-8-18-42)48-36-31-45(32-37-48)51-24-15-25-54-53-22-12-14-28-62(53)68-64(51)54/h5-41H,1-4H3. The van der Waals surface area contributed by atoms with Crippen LogP contribution in [0.1, 0.15) is 49.9 Å². The minimum absolute atomic E-state index is 0.127. The van der Waals surface area contributed by atoms with E-state index in [2.05, 4.69) is 245 Å². The van der Waals surface area contributed by atoms with Crippen molar-refractivity contribution >= 4 is 39.0 Å². The van der Waals surface area contributed by atoms with Crippen molar-refractivity contribution < 1.29 is 4.42 Å². The van der Waals surface area contributed by atoms with Gasteiger partial charge in [-0.05, 0) is 132 Å². The van der Waals surface area contributed by atoms with Crippen molar-refractivity contribution in [3.63, 3.8) is 0 Å². The summed E-state index contributed by atoms with van der Waals surface area (Å²) in [6, 6.07) is 82.3. The highest BCUT2D eigenvalue weighted by molar-refractivity contribution is 6.09. The van der Waals surface area contributed by atoms with Gasteiger partial charge >= 0.3 is 0 Å². The molecule has 0 atom stereocenters. The van der Waals surface area contributed by atoms with Gasteiger partial charge in [-0.25, -0.2) is 0 Å². The Labute approximate surface area is 398 Å². The maximum Gasteiger partial charge on any atom is 0.143 e. The number of nitrogens with zero attached hydrogens (tertiary/aromatic N) is 1. The van der Waals surface area contributed by atoms with Gasteiger partial charge in [0.1, 0.15) is 11.2 Å². The molecule has 0 aliphatic heterocycles. The minimum atomic E-state index is -0.218. The molecule has 2 aliphatic carbocycles. The van der Waals surface area contributed by atoms with Crippen LogP contribution in [0.2, 0.25) is 0 Å². The van der Waals surface area contributed by atoms with Crippen LogP contribution in [-0.4, -0.2) is 0 Å². The Morgan fingerprint density at radius 3 is 1.60 bits per heavy atom. The SMILES string of the molecule is CC1(C)c2cc(-c3ccccc3N(c3ccc(-c4ccccc4)cc3)c3ccc(-c4cccc5c4oc4ccccc45)cc3)ccc2-c2cc3c(cc21)-c1c(-c2ccccc2)cccc1C3(C)C. The van der Waals surface area contributed by atoms with Gasteiger partial charge in [0.2, 0.25) is 0 Å². The normalized spacial score (nSPS) is 13.8. The van der Waals surface area contributed by atoms with E-state index in [1.807, 2.05) is 12.1 Å². The highest BCUT2D eigenvalue weighted by Gasteiger charge is 2.42. The predicted molar refractivity (Wildman–Crippen MR) is 285 cm³/mol. The molecular weight excluding hydrogens is 823 g/mol. The van der Waals surface area contributed by atoms with E-state index in [4.69, 9.17) is 4.42 Å². The van der Waals surface area contributed by atoms with Crippen LogP contribution in [0.4, 0.5) is 17.1 Å². The molecule has 0 amide bonds. The average Bonchev–Trinajstić information content (AvgIpc) is 3.96. The van der Waals surface area contributed by atoms with Crippen LogP contribution in [0.3, 0.4) is 0 Å². The van der Waals surface area contributed by atoms with Crippen molar-refractivity contribution in [2.75, 3.05) is 4.90 Å². The zero-order valence-corrected chi connectivity index (χ0v) is 38.7. The number of anilines is 3. The van der Waals surface area contributed by atoms with Crippen LogP contribution in [-0.2, 0) is 10.8 Å². The maximum absolute atomic E-state index is 6.49. The highest BCUT2D eigenvalue weighted by Crippen LogP contribution is 2.58. The molecule has 2 aliphatic rings. The fraction of sp³-hybridized carbons (Fsp3) is 0.0909. The van der Waals surface area contributed by atoms with Crippen LogP contribution >= 0.6 is 0 Å². The van der Waals surface area contributed by atoms with Gasteiger partial charge in [0, 0.05) is 44.1 Å². The second kappa shape index (κ2) is 15.2. The molecule has 0 saturated carbocycles. The molecular formula is C66H49NO. The van der Waals surface area contributed by atoms with Crippen molar-refractivity contribution in [2.45, 2.75) is 38.5 Å². The van der Waals surface area contributed by atoms with E-state index < -0.39 is 0 Å². The van der Waals surface area contributed by atoms with Crippen LogP contribution in [0.25, 0.3) is 88.7 Å². The lowest BCUT2D eigenvalue weighted by molar-refractivity contribution is 0.652. The number of rotatable bonds is 7. The summed E-state index contributed by atoms with van der Waals surface area (Å²) in [5.74, 6) is 0. The smallest absolute Gasteiger partial charge is 0.143 e. The van der Waals surface area contributed by atoms with Gasteiger partial charge < -0.3 is 9.32 Å². The van der Waals surface area contributed by atoms with Crippen molar-refractivity contribution in [1.82, 2.24) is 0 Å². The molecule has 1 aromatic heterocycles. The number of para-hydroxylation sites is 3. The van der Waals surface area contributed by atoms with E-state index in [1.54, 1.807) is 0 Å². The van der Waals surface area contributed by atoms with Crippen molar-refractivity contribution in [3.8, 4) is 66.8 Å². The Hall–Kier alpha value is -8.20. The molecule has 0 unspecified atom stereocenters. The quantitative estimate of drug-likeness (QED) is 0.159. The van der Waals surface area contributed by atoms with Gasteiger partial charge in [-0.3, -0.25) is 0 Å². The molecule has 13 rings (SSSR count). The van der Waals surface area contributed by atoms with E-state index >= 15 is 0 Å². The third-order valence-electron chi connectivity index (χ3n) is 15.1. The van der Waals surface area contributed by atoms with E-state index in [0.29, 0.717) is 0 Å². The van der Waals surface area contributed by atoms with Crippen molar-refractivity contribution in [3.05, 3.63) is 247 Å². The molecule has 0 radical (unpaired) electrons. The summed E-state index contributed by atoms with van der Waals surface area (Å²) in [4.78, 5) is 2.41. The Bertz CT molecular complexity index is 3760. The predicted octanol–water partition coefficient (Wildman–Crippen LogP) is 18.3. The molecule has 2 heteroatoms. The number of hydrogen-bond acceptors (Lipinski definition) is 2. The average molecular weight is 872 g/mol. The second-order valence-electron chi connectivity index (χ2n) is 19.6. The van der Waals surface area contributed by atoms with E-state index in [1.165, 1.54) is 77.9 Å². The first-order valence-corrected chi connectivity index (χ1v) is 23.8. The number of hydrogen-bond donors (Lipinski definition) is 0. The van der Waals surface area contributed by atoms with Crippen LogP contribution in [0.15, 0.2) is 229 Å². The molecule has 0 bridgehead atoms. The Morgan fingerprint density at radius 1 is 0.324 bits per heavy atom. The van der Waals surface area contributed by atoms with E-state index in [0.717, 1.165) is 50.1 Å². The summed E-state index contributed by atoms with van der Waals surface area (Å²) in [5.41, 5.74) is 25.3. The Morgan fingerprint density at radius 2 is 0.838 bits per heavy atom. The Balaban J connectivity index is 0.923. The molecule has 2 nitrogen and oxygen atoms in total. The zero-order valence-electron chi connectivity index (χ0n) is 38.7. The third-order valence-corrected chi connectivity index (χ3v) is 15.1. The highest BCUT2D eigenvalue weighted by atomic mass is 16.3. The van der Waals surface area contributed by atoms with E-state index in [9.17, 15) is 0 Å². The van der Waals surface area contributed by atoms with Gasteiger partial charge in [0.25, 0.3) is 0 Å². The van der Waals surface area contributed by atoms with Gasteiger partial charge in [-0.15, -0.1) is 0 Å². The van der Waals surface area contributed by atoms with Crippen LogP contribution < -0.4 is 4.90 Å². The molecule has 0 saturated heterocycles. The summed E-state index contributed by atoms with van der Waals surface area (Å²) >= 11 is 0.